The summed E-state index contributed by atoms with van der Waals surface area (Å²) in [4.78, 5) is 24.4. The van der Waals surface area contributed by atoms with Crippen LogP contribution in [0.5, 0.6) is 0 Å². The number of thiophene rings is 1. The summed E-state index contributed by atoms with van der Waals surface area (Å²) in [5, 5.41) is 1.58. The zero-order valence-electron chi connectivity index (χ0n) is 16.5. The van der Waals surface area contributed by atoms with E-state index in [0.717, 1.165) is 53.7 Å². The Morgan fingerprint density at radius 1 is 1.44 bits per heavy atom. The highest BCUT2D eigenvalue weighted by Crippen LogP contribution is 2.36. The van der Waals surface area contributed by atoms with E-state index in [9.17, 15) is 4.79 Å². The van der Waals surface area contributed by atoms with Gasteiger partial charge in [0.15, 0.2) is 5.16 Å². The van der Waals surface area contributed by atoms with Crippen molar-refractivity contribution in [3.63, 3.8) is 0 Å². The number of H-pyrrole nitrogens is 1. The molecule has 1 aliphatic carbocycles. The van der Waals surface area contributed by atoms with Gasteiger partial charge in [0.25, 0.3) is 5.56 Å². The normalized spacial score (nSPS) is 25.9. The molecule has 0 spiro atoms. The van der Waals surface area contributed by atoms with Gasteiger partial charge < -0.3 is 14.6 Å². The van der Waals surface area contributed by atoms with Gasteiger partial charge in [0.05, 0.1) is 18.5 Å². The van der Waals surface area contributed by atoms with Gasteiger partial charge in [0.1, 0.15) is 24.0 Å². The number of aromatic nitrogens is 2. The van der Waals surface area contributed by atoms with Crippen LogP contribution in [0, 0.1) is 11.8 Å². The summed E-state index contributed by atoms with van der Waals surface area (Å²) < 4.78 is 5.95. The lowest BCUT2D eigenvalue weighted by Gasteiger charge is -2.30. The van der Waals surface area contributed by atoms with Gasteiger partial charge in [-0.25, -0.2) is 4.98 Å². The lowest BCUT2D eigenvalue weighted by Crippen LogP contribution is -3.15. The number of hydrogen-bond donors (Lipinski definition) is 2. The number of fused-ring (bicyclic) bond motifs is 3. The van der Waals surface area contributed by atoms with Crippen molar-refractivity contribution in [3.8, 4) is 0 Å². The SMILES string of the molecule is CC(C)C[NH+]1CCO[C@H](CSc2nc3sc4c(c3c(=O)[nH]2)CC[C@H](C)C4)C1. The number of morpholine rings is 1. The Kier molecular flexibility index (Phi) is 5.92. The van der Waals surface area contributed by atoms with Crippen LogP contribution in [0.2, 0.25) is 0 Å². The molecule has 5 nitrogen and oxygen atoms in total. The number of quaternary nitrogens is 1. The first-order chi connectivity index (χ1) is 13.0. The van der Waals surface area contributed by atoms with E-state index in [1.807, 2.05) is 0 Å². The number of aromatic amines is 1. The van der Waals surface area contributed by atoms with E-state index in [0.29, 0.717) is 11.8 Å². The van der Waals surface area contributed by atoms with E-state index >= 15 is 0 Å². The van der Waals surface area contributed by atoms with E-state index in [2.05, 4.69) is 25.8 Å². The summed E-state index contributed by atoms with van der Waals surface area (Å²) in [5.41, 5.74) is 1.29. The number of nitrogens with one attached hydrogen (secondary N) is 2. The highest BCUT2D eigenvalue weighted by Gasteiger charge is 2.26. The molecule has 4 rings (SSSR count). The summed E-state index contributed by atoms with van der Waals surface area (Å²) >= 11 is 3.35. The Hall–Kier alpha value is -0.890. The van der Waals surface area contributed by atoms with Crippen LogP contribution < -0.4 is 10.5 Å². The summed E-state index contributed by atoms with van der Waals surface area (Å²) in [7, 11) is 0. The average molecular weight is 409 g/mol. The quantitative estimate of drug-likeness (QED) is 0.588. The third-order valence-electron chi connectivity index (χ3n) is 5.57. The topological polar surface area (TPSA) is 59.4 Å². The predicted octanol–water partition coefficient (Wildman–Crippen LogP) is 2.14. The van der Waals surface area contributed by atoms with Crippen LogP contribution in [0.4, 0.5) is 0 Å². The molecule has 2 aromatic rings. The van der Waals surface area contributed by atoms with E-state index in [1.165, 1.54) is 23.4 Å². The molecular formula is C20H30N3O2S2+. The zero-order chi connectivity index (χ0) is 19.0. The fraction of sp³-hybridized carbons (Fsp3) is 0.700. The Bertz CT molecular complexity index is 861. The molecule has 1 saturated heterocycles. The van der Waals surface area contributed by atoms with E-state index in [-0.39, 0.29) is 11.7 Å². The Morgan fingerprint density at radius 2 is 2.30 bits per heavy atom. The van der Waals surface area contributed by atoms with Crippen LogP contribution in [0.3, 0.4) is 0 Å². The van der Waals surface area contributed by atoms with Crippen molar-refractivity contribution in [3.05, 3.63) is 20.8 Å². The van der Waals surface area contributed by atoms with Gasteiger partial charge >= 0.3 is 0 Å². The molecule has 3 atom stereocenters. The summed E-state index contributed by atoms with van der Waals surface area (Å²) in [6.45, 7) is 11.0. The summed E-state index contributed by atoms with van der Waals surface area (Å²) in [6, 6.07) is 0. The number of aryl methyl sites for hydroxylation is 1. The predicted molar refractivity (Wildman–Crippen MR) is 112 cm³/mol. The standard InChI is InChI=1S/C20H29N3O2S2/c1-12(2)9-23-6-7-25-14(10-23)11-26-20-21-18(24)17-15-5-4-13(3)8-16(15)27-19(17)22-20/h12-14H,4-11H2,1-3H3,(H,21,22,24)/p+1/t13-,14-/m0/s1. The molecule has 2 N–H and O–H groups in total. The van der Waals surface area contributed by atoms with Crippen LogP contribution in [0.1, 0.15) is 37.6 Å². The molecule has 0 radical (unpaired) electrons. The first-order valence-corrected chi connectivity index (χ1v) is 11.9. The Morgan fingerprint density at radius 3 is 3.11 bits per heavy atom. The number of nitrogens with zero attached hydrogens (tertiary/aromatic N) is 1. The van der Waals surface area contributed by atoms with Crippen molar-refractivity contribution in [2.45, 2.75) is 51.3 Å². The number of rotatable bonds is 5. The van der Waals surface area contributed by atoms with Crippen molar-refractivity contribution >= 4 is 33.3 Å². The average Bonchev–Trinajstić information content (AvgIpc) is 2.97. The number of hydrogen-bond acceptors (Lipinski definition) is 5. The van der Waals surface area contributed by atoms with E-state index in [1.54, 1.807) is 28.0 Å². The second-order valence-electron chi connectivity index (χ2n) is 8.51. The summed E-state index contributed by atoms with van der Waals surface area (Å²) in [5.74, 6) is 2.26. The van der Waals surface area contributed by atoms with Crippen LogP contribution in [0.25, 0.3) is 10.2 Å². The lowest BCUT2D eigenvalue weighted by molar-refractivity contribution is -0.914. The third kappa shape index (κ3) is 4.42. The van der Waals surface area contributed by atoms with Crippen molar-refractivity contribution < 1.29 is 9.64 Å². The van der Waals surface area contributed by atoms with Gasteiger partial charge in [0, 0.05) is 16.5 Å². The molecule has 1 unspecified atom stereocenters. The number of thioether (sulfide) groups is 1. The number of ether oxygens (including phenoxy) is 1. The first-order valence-electron chi connectivity index (χ1n) is 10.1. The maximum absolute atomic E-state index is 12.7. The van der Waals surface area contributed by atoms with Crippen LogP contribution in [0.15, 0.2) is 9.95 Å². The lowest BCUT2D eigenvalue weighted by atomic mass is 9.89. The monoisotopic (exact) mass is 408 g/mol. The Labute approximate surface area is 168 Å². The third-order valence-corrected chi connectivity index (χ3v) is 7.73. The largest absolute Gasteiger partial charge is 0.366 e. The van der Waals surface area contributed by atoms with Gasteiger partial charge in [-0.1, -0.05) is 32.5 Å². The van der Waals surface area contributed by atoms with Gasteiger partial charge in [-0.2, -0.15) is 0 Å². The van der Waals surface area contributed by atoms with Gasteiger partial charge in [-0.15, -0.1) is 11.3 Å². The molecule has 7 heteroatoms. The zero-order valence-corrected chi connectivity index (χ0v) is 18.1. The molecule has 3 heterocycles. The van der Waals surface area contributed by atoms with Crippen molar-refractivity contribution in [1.29, 1.82) is 0 Å². The highest BCUT2D eigenvalue weighted by molar-refractivity contribution is 7.99. The molecule has 0 amide bonds. The molecule has 2 aliphatic rings. The van der Waals surface area contributed by atoms with E-state index < -0.39 is 0 Å². The van der Waals surface area contributed by atoms with Crippen LogP contribution in [-0.4, -0.2) is 48.1 Å². The fourth-order valence-corrected chi connectivity index (χ4v) is 6.61. The molecule has 148 valence electrons. The van der Waals surface area contributed by atoms with Gasteiger partial charge in [0.2, 0.25) is 0 Å². The maximum atomic E-state index is 12.7. The minimum Gasteiger partial charge on any atom is -0.366 e. The smallest absolute Gasteiger partial charge is 0.260 e. The minimum atomic E-state index is 0.0335. The van der Waals surface area contributed by atoms with Crippen molar-refractivity contribution in [2.75, 3.05) is 32.0 Å². The van der Waals surface area contributed by atoms with Crippen molar-refractivity contribution in [1.82, 2.24) is 9.97 Å². The van der Waals surface area contributed by atoms with E-state index in [4.69, 9.17) is 9.72 Å². The maximum Gasteiger partial charge on any atom is 0.260 e. The molecule has 0 saturated carbocycles. The highest BCUT2D eigenvalue weighted by atomic mass is 32.2. The molecule has 27 heavy (non-hydrogen) atoms. The second kappa shape index (κ2) is 8.23. The minimum absolute atomic E-state index is 0.0335. The van der Waals surface area contributed by atoms with Crippen LogP contribution >= 0.6 is 23.1 Å². The van der Waals surface area contributed by atoms with Gasteiger partial charge in [-0.05, 0) is 30.7 Å². The molecule has 1 aliphatic heterocycles. The fourth-order valence-electron chi connectivity index (χ4n) is 4.29. The first kappa shape index (κ1) is 19.4. The molecule has 2 aromatic heterocycles. The molecule has 1 fully saturated rings. The van der Waals surface area contributed by atoms with Gasteiger partial charge in [-0.3, -0.25) is 4.79 Å². The molecule has 0 bridgehead atoms. The van der Waals surface area contributed by atoms with Crippen LogP contribution in [-0.2, 0) is 17.6 Å². The molecular weight excluding hydrogens is 378 g/mol. The Balaban J connectivity index is 1.46. The second-order valence-corrected chi connectivity index (χ2v) is 10.6. The molecule has 0 aromatic carbocycles. The summed E-state index contributed by atoms with van der Waals surface area (Å²) in [6.07, 6.45) is 3.50. The van der Waals surface area contributed by atoms with Crippen molar-refractivity contribution in [2.24, 2.45) is 11.8 Å².